The Hall–Kier alpha value is -0.0800. The molecule has 0 saturated heterocycles. The lowest BCUT2D eigenvalue weighted by Crippen LogP contribution is -2.32. The molecule has 0 aromatic rings. The van der Waals surface area contributed by atoms with E-state index in [2.05, 4.69) is 13.8 Å². The van der Waals surface area contributed by atoms with Gasteiger partial charge in [-0.05, 0) is 18.8 Å². The summed E-state index contributed by atoms with van der Waals surface area (Å²) in [6.45, 7) is 6.44. The maximum atomic E-state index is 10.0. The van der Waals surface area contributed by atoms with Crippen molar-refractivity contribution >= 4 is 0 Å². The number of hydrogen-bond acceptors (Lipinski definition) is 2. The highest BCUT2D eigenvalue weighted by atomic mass is 16.3. The Morgan fingerprint density at radius 3 is 1.43 bits per heavy atom. The van der Waals surface area contributed by atoms with Crippen molar-refractivity contribution in [3.05, 3.63) is 0 Å². The fourth-order valence-corrected chi connectivity index (χ4v) is 3.37. The Labute approximate surface area is 146 Å². The van der Waals surface area contributed by atoms with Crippen LogP contribution in [-0.4, -0.2) is 22.4 Å². The summed E-state index contributed by atoms with van der Waals surface area (Å²) in [5.41, 5.74) is 0. The summed E-state index contributed by atoms with van der Waals surface area (Å²) < 4.78 is 0. The van der Waals surface area contributed by atoms with Crippen LogP contribution in [0.3, 0.4) is 0 Å². The molecule has 2 heteroatoms. The molecule has 0 aliphatic heterocycles. The van der Waals surface area contributed by atoms with Gasteiger partial charge in [-0.1, -0.05) is 104 Å². The summed E-state index contributed by atoms with van der Waals surface area (Å²) in [5.74, 6) is 0.215. The third kappa shape index (κ3) is 14.0. The lowest BCUT2D eigenvalue weighted by Gasteiger charge is -2.23. The van der Waals surface area contributed by atoms with E-state index in [1.165, 1.54) is 70.6 Å². The Balaban J connectivity index is 3.32. The fraction of sp³-hybridized carbons (Fsp3) is 1.00. The Bertz CT molecular complexity index is 230. The normalized spacial score (nSPS) is 15.5. The minimum absolute atomic E-state index is 0.215. The van der Waals surface area contributed by atoms with E-state index in [4.69, 9.17) is 0 Å². The Kier molecular flexibility index (Phi) is 16.7. The van der Waals surface area contributed by atoms with Crippen LogP contribution < -0.4 is 0 Å². The molecule has 2 nitrogen and oxygen atoms in total. The zero-order chi connectivity index (χ0) is 17.3. The third-order valence-corrected chi connectivity index (χ3v) is 5.07. The van der Waals surface area contributed by atoms with E-state index in [0.29, 0.717) is 0 Å². The van der Waals surface area contributed by atoms with Crippen LogP contribution in [0.2, 0.25) is 0 Å². The first-order valence-corrected chi connectivity index (χ1v) is 10.5. The van der Waals surface area contributed by atoms with Gasteiger partial charge in [0.25, 0.3) is 0 Å². The highest BCUT2D eigenvalue weighted by Gasteiger charge is 2.21. The van der Waals surface area contributed by atoms with Crippen LogP contribution in [0.15, 0.2) is 0 Å². The summed E-state index contributed by atoms with van der Waals surface area (Å²) in [6.07, 6.45) is 17.8. The van der Waals surface area contributed by atoms with Crippen LogP contribution in [0, 0.1) is 5.92 Å². The first-order chi connectivity index (χ1) is 11.1. The smallest absolute Gasteiger partial charge is 0.0824 e. The second-order valence-electron chi connectivity index (χ2n) is 7.50. The number of rotatable bonds is 17. The molecule has 140 valence electrons. The molecule has 0 aliphatic rings. The molecule has 0 fully saturated rings. The topological polar surface area (TPSA) is 40.5 Å². The second-order valence-corrected chi connectivity index (χ2v) is 7.50. The van der Waals surface area contributed by atoms with Crippen LogP contribution in [0.25, 0.3) is 0 Å². The van der Waals surface area contributed by atoms with Gasteiger partial charge in [0.2, 0.25) is 0 Å². The summed E-state index contributed by atoms with van der Waals surface area (Å²) in [6, 6.07) is 0. The minimum atomic E-state index is -0.539. The highest BCUT2D eigenvalue weighted by molar-refractivity contribution is 4.72. The molecule has 0 bridgehead atoms. The van der Waals surface area contributed by atoms with Crippen LogP contribution in [0.4, 0.5) is 0 Å². The van der Waals surface area contributed by atoms with E-state index in [1.54, 1.807) is 0 Å². The van der Waals surface area contributed by atoms with E-state index in [-0.39, 0.29) is 5.92 Å². The molecule has 0 spiro atoms. The molecule has 0 aromatic carbocycles. The average Bonchev–Trinajstić information content (AvgIpc) is 2.55. The highest BCUT2D eigenvalue weighted by Crippen LogP contribution is 2.18. The van der Waals surface area contributed by atoms with Gasteiger partial charge < -0.3 is 10.2 Å². The van der Waals surface area contributed by atoms with E-state index in [9.17, 15) is 10.2 Å². The molecular weight excluding hydrogens is 284 g/mol. The molecule has 0 aromatic heterocycles. The predicted molar refractivity (Wildman–Crippen MR) is 102 cm³/mol. The number of hydrogen-bond donors (Lipinski definition) is 2. The van der Waals surface area contributed by atoms with Crippen molar-refractivity contribution in [2.75, 3.05) is 0 Å². The van der Waals surface area contributed by atoms with Crippen LogP contribution in [0.5, 0.6) is 0 Å². The zero-order valence-corrected chi connectivity index (χ0v) is 16.2. The number of unbranched alkanes of at least 4 members (excludes halogenated alkanes) is 11. The van der Waals surface area contributed by atoms with Crippen LogP contribution in [-0.2, 0) is 0 Å². The van der Waals surface area contributed by atoms with E-state index in [0.717, 1.165) is 25.7 Å². The van der Waals surface area contributed by atoms with Crippen molar-refractivity contribution in [1.82, 2.24) is 0 Å². The van der Waals surface area contributed by atoms with Gasteiger partial charge in [-0.25, -0.2) is 0 Å². The molecule has 0 rings (SSSR count). The minimum Gasteiger partial charge on any atom is -0.390 e. The molecule has 0 saturated carbocycles. The zero-order valence-electron chi connectivity index (χ0n) is 16.2. The van der Waals surface area contributed by atoms with Crippen molar-refractivity contribution in [3.63, 3.8) is 0 Å². The first-order valence-electron chi connectivity index (χ1n) is 10.5. The molecule has 23 heavy (non-hydrogen) atoms. The maximum absolute atomic E-state index is 10.0. The molecule has 0 radical (unpaired) electrons. The lowest BCUT2D eigenvalue weighted by atomic mass is 9.92. The van der Waals surface area contributed by atoms with Gasteiger partial charge in [0.05, 0.1) is 12.2 Å². The van der Waals surface area contributed by atoms with Crippen molar-refractivity contribution < 1.29 is 10.2 Å². The maximum Gasteiger partial charge on any atom is 0.0824 e. The lowest BCUT2D eigenvalue weighted by molar-refractivity contribution is -0.0198. The quantitative estimate of drug-likeness (QED) is 0.310. The number of aliphatic hydroxyl groups is 2. The van der Waals surface area contributed by atoms with Crippen molar-refractivity contribution in [2.24, 2.45) is 5.92 Å². The number of aliphatic hydroxyl groups excluding tert-OH is 2. The van der Waals surface area contributed by atoms with Gasteiger partial charge in [0, 0.05) is 0 Å². The Morgan fingerprint density at radius 1 is 0.565 bits per heavy atom. The Morgan fingerprint density at radius 2 is 1.00 bits per heavy atom. The molecule has 3 atom stereocenters. The van der Waals surface area contributed by atoms with Gasteiger partial charge in [0.1, 0.15) is 0 Å². The first kappa shape index (κ1) is 22.9. The third-order valence-electron chi connectivity index (χ3n) is 5.07. The summed E-state index contributed by atoms with van der Waals surface area (Å²) in [4.78, 5) is 0. The van der Waals surface area contributed by atoms with E-state index >= 15 is 0 Å². The van der Waals surface area contributed by atoms with Crippen LogP contribution in [0.1, 0.15) is 117 Å². The fourth-order valence-electron chi connectivity index (χ4n) is 3.37. The van der Waals surface area contributed by atoms with Gasteiger partial charge in [-0.15, -0.1) is 0 Å². The van der Waals surface area contributed by atoms with Gasteiger partial charge in [0.15, 0.2) is 0 Å². The molecule has 0 unspecified atom stereocenters. The standard InChI is InChI=1S/C21H44O2/c1-4-6-7-8-9-10-11-12-13-14-15-16-18-20(22)21(23)19(3)17-5-2/h19-23H,4-18H2,1-3H3/t19-,20+,21-/m0/s1. The van der Waals surface area contributed by atoms with Crippen molar-refractivity contribution in [1.29, 1.82) is 0 Å². The SMILES string of the molecule is CCCCCCCCCCCCCC[C@@H](O)[C@@H](O)[C@@H](C)CCC. The van der Waals surface area contributed by atoms with Gasteiger partial charge in [-0.3, -0.25) is 0 Å². The average molecular weight is 329 g/mol. The molecular formula is C21H44O2. The molecule has 0 amide bonds. The molecule has 0 aliphatic carbocycles. The molecule has 2 N–H and O–H groups in total. The van der Waals surface area contributed by atoms with Crippen molar-refractivity contribution in [3.8, 4) is 0 Å². The van der Waals surface area contributed by atoms with E-state index in [1.807, 2.05) is 6.92 Å². The largest absolute Gasteiger partial charge is 0.390 e. The van der Waals surface area contributed by atoms with E-state index < -0.39 is 12.2 Å². The summed E-state index contributed by atoms with van der Waals surface area (Å²) in [7, 11) is 0. The monoisotopic (exact) mass is 328 g/mol. The second kappa shape index (κ2) is 16.8. The van der Waals surface area contributed by atoms with Gasteiger partial charge in [-0.2, -0.15) is 0 Å². The van der Waals surface area contributed by atoms with Crippen LogP contribution >= 0.6 is 0 Å². The van der Waals surface area contributed by atoms with Gasteiger partial charge >= 0.3 is 0 Å². The summed E-state index contributed by atoms with van der Waals surface area (Å²) in [5, 5.41) is 20.1. The predicted octanol–water partition coefficient (Wildman–Crippen LogP) is 6.24. The van der Waals surface area contributed by atoms with Crippen molar-refractivity contribution in [2.45, 2.75) is 129 Å². The summed E-state index contributed by atoms with van der Waals surface area (Å²) >= 11 is 0. The molecule has 0 heterocycles.